The highest BCUT2D eigenvalue weighted by atomic mass is 35.5. The molecule has 0 aliphatic heterocycles. The van der Waals surface area contributed by atoms with Crippen LogP contribution in [-0.4, -0.2) is 25.6 Å². The Bertz CT molecular complexity index is 735. The van der Waals surface area contributed by atoms with Crippen molar-refractivity contribution in [2.45, 2.75) is 6.92 Å². The summed E-state index contributed by atoms with van der Waals surface area (Å²) in [5.74, 6) is 0.0465. The molecule has 0 bridgehead atoms. The minimum absolute atomic E-state index is 0.0837. The normalized spacial score (nSPS) is 9.96. The van der Waals surface area contributed by atoms with Gasteiger partial charge in [-0.25, -0.2) is 4.79 Å². The molecule has 0 unspecified atom stereocenters. The molecule has 0 heterocycles. The molecule has 0 fully saturated rings. The zero-order chi connectivity index (χ0) is 17.5. The van der Waals surface area contributed by atoms with Gasteiger partial charge in [0, 0.05) is 16.8 Å². The Hall–Kier alpha value is -2.73. The molecule has 0 aliphatic rings. The van der Waals surface area contributed by atoms with Gasteiger partial charge in [-0.2, -0.15) is 0 Å². The quantitative estimate of drug-likeness (QED) is 0.774. The number of hydrogen-bond acceptors (Lipinski definition) is 4. The third-order valence-corrected chi connectivity index (χ3v) is 3.61. The monoisotopic (exact) mass is 347 g/mol. The summed E-state index contributed by atoms with van der Waals surface area (Å²) in [6.45, 7) is 1.76. The van der Waals surface area contributed by atoms with Crippen molar-refractivity contribution < 1.29 is 14.3 Å². The van der Waals surface area contributed by atoms with Gasteiger partial charge in [-0.3, -0.25) is 10.1 Å². The number of carbonyl (C=O) groups is 2. The van der Waals surface area contributed by atoms with E-state index < -0.39 is 11.9 Å². The largest absolute Gasteiger partial charge is 0.495 e. The van der Waals surface area contributed by atoms with Crippen LogP contribution in [0.3, 0.4) is 0 Å². The maximum Gasteiger partial charge on any atom is 0.325 e. The van der Waals surface area contributed by atoms with Crippen LogP contribution < -0.4 is 20.7 Å². The van der Waals surface area contributed by atoms with Gasteiger partial charge in [-0.15, -0.1) is 0 Å². The van der Waals surface area contributed by atoms with Crippen molar-refractivity contribution in [2.24, 2.45) is 0 Å². The van der Waals surface area contributed by atoms with Gasteiger partial charge in [0.2, 0.25) is 5.91 Å². The third-order valence-electron chi connectivity index (χ3n) is 3.20. The van der Waals surface area contributed by atoms with Gasteiger partial charge in [0.05, 0.1) is 19.3 Å². The minimum atomic E-state index is -0.591. The molecule has 0 saturated heterocycles. The lowest BCUT2D eigenvalue weighted by atomic mass is 10.2. The van der Waals surface area contributed by atoms with Crippen molar-refractivity contribution in [2.75, 3.05) is 24.3 Å². The highest BCUT2D eigenvalue weighted by molar-refractivity contribution is 6.31. The van der Waals surface area contributed by atoms with Gasteiger partial charge in [-0.05, 0) is 30.7 Å². The molecule has 7 heteroatoms. The van der Waals surface area contributed by atoms with Crippen LogP contribution in [0.5, 0.6) is 5.75 Å². The summed E-state index contributed by atoms with van der Waals surface area (Å²) in [6.07, 6.45) is 0. The standard InChI is InChI=1S/C17H18ClN3O3/c1-11-8-14(15(24-2)9-13(11)18)19-10-16(22)21-17(23)20-12-6-4-3-5-7-12/h3-9,19H,10H2,1-2H3,(H2,20,21,22,23). The first-order valence-electron chi connectivity index (χ1n) is 7.23. The SMILES string of the molecule is COc1cc(Cl)c(C)cc1NCC(=O)NC(=O)Nc1ccccc1. The number of hydrogen-bond donors (Lipinski definition) is 3. The zero-order valence-corrected chi connectivity index (χ0v) is 14.1. The van der Waals surface area contributed by atoms with E-state index in [2.05, 4.69) is 16.0 Å². The van der Waals surface area contributed by atoms with Gasteiger partial charge in [-0.1, -0.05) is 29.8 Å². The van der Waals surface area contributed by atoms with Crippen LogP contribution in [0.4, 0.5) is 16.2 Å². The average molecular weight is 348 g/mol. The molecule has 24 heavy (non-hydrogen) atoms. The summed E-state index contributed by atoms with van der Waals surface area (Å²) in [6, 6.07) is 11.7. The van der Waals surface area contributed by atoms with Crippen molar-refractivity contribution >= 4 is 34.9 Å². The lowest BCUT2D eigenvalue weighted by molar-refractivity contribution is -0.118. The molecule has 2 rings (SSSR count). The number of aryl methyl sites for hydroxylation is 1. The number of anilines is 2. The summed E-state index contributed by atoms with van der Waals surface area (Å²) < 4.78 is 5.22. The number of amides is 3. The number of urea groups is 1. The number of benzene rings is 2. The molecule has 0 atom stereocenters. The smallest absolute Gasteiger partial charge is 0.325 e. The Morgan fingerprint density at radius 1 is 1.17 bits per heavy atom. The van der Waals surface area contributed by atoms with Crippen molar-refractivity contribution in [3.63, 3.8) is 0 Å². The van der Waals surface area contributed by atoms with Crippen LogP contribution in [-0.2, 0) is 4.79 Å². The van der Waals surface area contributed by atoms with Gasteiger partial charge in [0.25, 0.3) is 0 Å². The number of halogens is 1. The van der Waals surface area contributed by atoms with E-state index in [0.29, 0.717) is 22.1 Å². The lowest BCUT2D eigenvalue weighted by Gasteiger charge is -2.13. The average Bonchev–Trinajstić information content (AvgIpc) is 2.56. The molecule has 0 saturated carbocycles. The fraction of sp³-hybridized carbons (Fsp3) is 0.176. The number of methoxy groups -OCH3 is 1. The number of nitrogens with one attached hydrogen (secondary N) is 3. The summed E-state index contributed by atoms with van der Waals surface area (Å²) in [5.41, 5.74) is 2.07. The first kappa shape index (κ1) is 17.6. The van der Waals surface area contributed by atoms with Crippen molar-refractivity contribution in [3.05, 3.63) is 53.1 Å². The van der Waals surface area contributed by atoms with E-state index in [4.69, 9.17) is 16.3 Å². The van der Waals surface area contributed by atoms with Crippen LogP contribution in [0.2, 0.25) is 5.02 Å². The van der Waals surface area contributed by atoms with E-state index in [1.807, 2.05) is 13.0 Å². The summed E-state index contributed by atoms with van der Waals surface area (Å²) >= 11 is 6.03. The highest BCUT2D eigenvalue weighted by Gasteiger charge is 2.11. The van der Waals surface area contributed by atoms with E-state index >= 15 is 0 Å². The zero-order valence-electron chi connectivity index (χ0n) is 13.4. The van der Waals surface area contributed by atoms with Gasteiger partial charge in [0.15, 0.2) is 0 Å². The molecular weight excluding hydrogens is 330 g/mol. The number of carbonyl (C=O) groups excluding carboxylic acids is 2. The molecule has 126 valence electrons. The summed E-state index contributed by atoms with van der Waals surface area (Å²) in [5, 5.41) is 8.31. The molecule has 0 aromatic heterocycles. The Morgan fingerprint density at radius 2 is 1.88 bits per heavy atom. The fourth-order valence-corrected chi connectivity index (χ4v) is 2.15. The molecule has 0 aliphatic carbocycles. The molecule has 2 aromatic carbocycles. The van der Waals surface area contributed by atoms with E-state index in [9.17, 15) is 9.59 Å². The Balaban J connectivity index is 1.89. The number of para-hydroxylation sites is 1. The van der Waals surface area contributed by atoms with Crippen molar-refractivity contribution in [1.29, 1.82) is 0 Å². The van der Waals surface area contributed by atoms with E-state index in [-0.39, 0.29) is 6.54 Å². The maximum atomic E-state index is 11.9. The summed E-state index contributed by atoms with van der Waals surface area (Å²) in [4.78, 5) is 23.6. The topological polar surface area (TPSA) is 79.5 Å². The third kappa shape index (κ3) is 4.89. The fourth-order valence-electron chi connectivity index (χ4n) is 2.00. The summed E-state index contributed by atoms with van der Waals surface area (Å²) in [7, 11) is 1.51. The van der Waals surface area contributed by atoms with E-state index in [1.165, 1.54) is 7.11 Å². The van der Waals surface area contributed by atoms with Crippen LogP contribution in [0.25, 0.3) is 0 Å². The van der Waals surface area contributed by atoms with Crippen LogP contribution in [0.15, 0.2) is 42.5 Å². The maximum absolute atomic E-state index is 11.9. The molecule has 2 aromatic rings. The van der Waals surface area contributed by atoms with Gasteiger partial charge in [0.1, 0.15) is 5.75 Å². The molecule has 3 amide bonds. The number of rotatable bonds is 5. The molecular formula is C17H18ClN3O3. The second-order valence-electron chi connectivity index (χ2n) is 5.02. The number of imide groups is 1. The highest BCUT2D eigenvalue weighted by Crippen LogP contribution is 2.30. The minimum Gasteiger partial charge on any atom is -0.495 e. The second kappa shape index (κ2) is 8.21. The van der Waals surface area contributed by atoms with E-state index in [1.54, 1.807) is 36.4 Å². The second-order valence-corrected chi connectivity index (χ2v) is 5.43. The van der Waals surface area contributed by atoms with Crippen LogP contribution in [0, 0.1) is 6.92 Å². The Morgan fingerprint density at radius 3 is 2.54 bits per heavy atom. The predicted octanol–water partition coefficient (Wildman–Crippen LogP) is 3.42. The van der Waals surface area contributed by atoms with Crippen LogP contribution >= 0.6 is 11.6 Å². The van der Waals surface area contributed by atoms with Gasteiger partial charge >= 0.3 is 6.03 Å². The molecule has 3 N–H and O–H groups in total. The molecule has 0 spiro atoms. The first-order chi connectivity index (χ1) is 11.5. The van der Waals surface area contributed by atoms with Crippen LogP contribution in [0.1, 0.15) is 5.56 Å². The van der Waals surface area contributed by atoms with Gasteiger partial charge < -0.3 is 15.4 Å². The Labute approximate surface area is 145 Å². The first-order valence-corrected chi connectivity index (χ1v) is 7.61. The Kier molecular flexibility index (Phi) is 6.03. The molecule has 6 nitrogen and oxygen atoms in total. The van der Waals surface area contributed by atoms with E-state index in [0.717, 1.165) is 5.56 Å². The van der Waals surface area contributed by atoms with Crippen molar-refractivity contribution in [3.8, 4) is 5.75 Å². The number of ether oxygens (including phenoxy) is 1. The lowest BCUT2D eigenvalue weighted by Crippen LogP contribution is -2.38. The molecule has 0 radical (unpaired) electrons. The predicted molar refractivity (Wildman–Crippen MR) is 94.8 cm³/mol. The van der Waals surface area contributed by atoms with Crippen molar-refractivity contribution in [1.82, 2.24) is 5.32 Å².